The maximum atomic E-state index is 5.87. The van der Waals surface area contributed by atoms with E-state index >= 15 is 0 Å². The number of ether oxygens (including phenoxy) is 1. The predicted octanol–water partition coefficient (Wildman–Crippen LogP) is 3.48. The molecule has 128 valence electrons. The molecule has 0 saturated carbocycles. The summed E-state index contributed by atoms with van der Waals surface area (Å²) in [6.45, 7) is 10.1. The SMILES string of the molecule is CSc1ccc(CN2CCC(N3C[C@@H](C)O[C@H](C)C3)CC2)cc1. The molecule has 0 unspecified atom stereocenters. The zero-order chi connectivity index (χ0) is 16.2. The lowest BCUT2D eigenvalue weighted by molar-refractivity contribution is -0.0865. The van der Waals surface area contributed by atoms with Crippen molar-refractivity contribution in [2.45, 2.75) is 56.4 Å². The molecule has 0 aliphatic carbocycles. The second-order valence-corrected chi connectivity index (χ2v) is 7.95. The van der Waals surface area contributed by atoms with E-state index < -0.39 is 0 Å². The molecule has 0 spiro atoms. The van der Waals surface area contributed by atoms with Crippen LogP contribution >= 0.6 is 11.8 Å². The lowest BCUT2D eigenvalue weighted by Crippen LogP contribution is -2.53. The van der Waals surface area contributed by atoms with Gasteiger partial charge in [0.25, 0.3) is 0 Å². The summed E-state index contributed by atoms with van der Waals surface area (Å²) < 4.78 is 5.87. The molecule has 4 heteroatoms. The van der Waals surface area contributed by atoms with Gasteiger partial charge >= 0.3 is 0 Å². The minimum atomic E-state index is 0.381. The third-order valence-corrected chi connectivity index (χ3v) is 5.83. The normalized spacial score (nSPS) is 28.1. The van der Waals surface area contributed by atoms with E-state index in [1.54, 1.807) is 0 Å². The minimum Gasteiger partial charge on any atom is -0.373 e. The first-order valence-corrected chi connectivity index (χ1v) is 10.1. The van der Waals surface area contributed by atoms with Gasteiger partial charge in [0.2, 0.25) is 0 Å². The van der Waals surface area contributed by atoms with E-state index in [2.05, 4.69) is 54.2 Å². The molecule has 2 aliphatic rings. The van der Waals surface area contributed by atoms with E-state index in [0.29, 0.717) is 12.2 Å². The summed E-state index contributed by atoms with van der Waals surface area (Å²) in [4.78, 5) is 6.63. The monoisotopic (exact) mass is 334 g/mol. The summed E-state index contributed by atoms with van der Waals surface area (Å²) in [5.41, 5.74) is 1.44. The topological polar surface area (TPSA) is 15.7 Å². The zero-order valence-electron chi connectivity index (χ0n) is 14.7. The summed E-state index contributed by atoms with van der Waals surface area (Å²) in [7, 11) is 0. The van der Waals surface area contributed by atoms with Crippen LogP contribution in [0.5, 0.6) is 0 Å². The minimum absolute atomic E-state index is 0.381. The van der Waals surface area contributed by atoms with Crippen LogP contribution in [0.1, 0.15) is 32.3 Å². The fourth-order valence-electron chi connectivity index (χ4n) is 3.95. The van der Waals surface area contributed by atoms with Gasteiger partial charge in [-0.25, -0.2) is 0 Å². The Labute approximate surface area is 145 Å². The molecule has 0 amide bonds. The summed E-state index contributed by atoms with van der Waals surface area (Å²) in [5, 5.41) is 0. The molecule has 0 radical (unpaired) electrons. The number of likely N-dealkylation sites (tertiary alicyclic amines) is 1. The van der Waals surface area contributed by atoms with Crippen molar-refractivity contribution in [2.75, 3.05) is 32.4 Å². The highest BCUT2D eigenvalue weighted by molar-refractivity contribution is 7.98. The number of nitrogens with zero attached hydrogens (tertiary/aromatic N) is 2. The highest BCUT2D eigenvalue weighted by Gasteiger charge is 2.30. The summed E-state index contributed by atoms with van der Waals surface area (Å²) in [6, 6.07) is 9.79. The van der Waals surface area contributed by atoms with Crippen molar-refractivity contribution < 1.29 is 4.74 Å². The van der Waals surface area contributed by atoms with Crippen molar-refractivity contribution in [2.24, 2.45) is 0 Å². The molecule has 2 atom stereocenters. The van der Waals surface area contributed by atoms with E-state index in [0.717, 1.165) is 25.7 Å². The maximum absolute atomic E-state index is 5.87. The van der Waals surface area contributed by atoms with E-state index in [9.17, 15) is 0 Å². The lowest BCUT2D eigenvalue weighted by Gasteiger charge is -2.43. The second kappa shape index (κ2) is 8.02. The molecule has 1 aromatic carbocycles. The molecule has 3 rings (SSSR count). The van der Waals surface area contributed by atoms with Crippen LogP contribution in [0.15, 0.2) is 29.2 Å². The van der Waals surface area contributed by atoms with Crippen molar-refractivity contribution in [1.29, 1.82) is 0 Å². The number of rotatable bonds is 4. The van der Waals surface area contributed by atoms with Crippen molar-refractivity contribution >= 4 is 11.8 Å². The van der Waals surface area contributed by atoms with Gasteiger partial charge in [0, 0.05) is 30.6 Å². The van der Waals surface area contributed by atoms with Crippen LogP contribution in [-0.4, -0.2) is 60.5 Å². The Kier molecular flexibility index (Phi) is 6.02. The van der Waals surface area contributed by atoms with Crippen LogP contribution in [0.25, 0.3) is 0 Å². The first-order chi connectivity index (χ1) is 11.1. The predicted molar refractivity (Wildman–Crippen MR) is 98.1 cm³/mol. The smallest absolute Gasteiger partial charge is 0.0678 e. The zero-order valence-corrected chi connectivity index (χ0v) is 15.5. The number of thioether (sulfide) groups is 1. The number of piperidine rings is 1. The van der Waals surface area contributed by atoms with E-state index in [4.69, 9.17) is 4.74 Å². The molecule has 1 aromatic rings. The Hall–Kier alpha value is -0.550. The Morgan fingerprint density at radius 2 is 1.65 bits per heavy atom. The first-order valence-electron chi connectivity index (χ1n) is 8.89. The van der Waals surface area contributed by atoms with Gasteiger partial charge in [-0.15, -0.1) is 11.8 Å². The van der Waals surface area contributed by atoms with Crippen LogP contribution < -0.4 is 0 Å². The summed E-state index contributed by atoms with van der Waals surface area (Å²) in [6.07, 6.45) is 5.48. The van der Waals surface area contributed by atoms with E-state index in [1.165, 1.54) is 36.4 Å². The van der Waals surface area contributed by atoms with E-state index in [1.807, 2.05) is 11.8 Å². The third kappa shape index (κ3) is 4.72. The van der Waals surface area contributed by atoms with Gasteiger partial charge in [0.15, 0.2) is 0 Å². The molecular formula is C19H30N2OS. The fraction of sp³-hybridized carbons (Fsp3) is 0.684. The molecular weight excluding hydrogens is 304 g/mol. The molecule has 0 N–H and O–H groups in total. The first kappa shape index (κ1) is 17.3. The average molecular weight is 335 g/mol. The van der Waals surface area contributed by atoms with Crippen molar-refractivity contribution in [3.63, 3.8) is 0 Å². The molecule has 2 saturated heterocycles. The number of benzene rings is 1. The quantitative estimate of drug-likeness (QED) is 0.783. The highest BCUT2D eigenvalue weighted by Crippen LogP contribution is 2.23. The number of morpholine rings is 1. The Balaban J connectivity index is 1.48. The van der Waals surface area contributed by atoms with Gasteiger partial charge < -0.3 is 4.74 Å². The van der Waals surface area contributed by atoms with Gasteiger partial charge in [-0.3, -0.25) is 9.80 Å². The second-order valence-electron chi connectivity index (χ2n) is 7.07. The number of hydrogen-bond donors (Lipinski definition) is 0. The molecule has 0 aromatic heterocycles. The van der Waals surface area contributed by atoms with Gasteiger partial charge in [-0.05, 0) is 63.7 Å². The molecule has 3 nitrogen and oxygen atoms in total. The van der Waals surface area contributed by atoms with Gasteiger partial charge in [-0.2, -0.15) is 0 Å². The fourth-order valence-corrected chi connectivity index (χ4v) is 4.36. The Morgan fingerprint density at radius 3 is 2.22 bits per heavy atom. The van der Waals surface area contributed by atoms with E-state index in [-0.39, 0.29) is 0 Å². The third-order valence-electron chi connectivity index (χ3n) is 5.09. The Bertz CT molecular complexity index is 475. The molecule has 2 aliphatic heterocycles. The van der Waals surface area contributed by atoms with Crippen LogP contribution in [0.3, 0.4) is 0 Å². The van der Waals surface area contributed by atoms with Crippen LogP contribution in [0, 0.1) is 0 Å². The van der Waals surface area contributed by atoms with Crippen molar-refractivity contribution in [3.8, 4) is 0 Å². The molecule has 2 fully saturated rings. The summed E-state index contributed by atoms with van der Waals surface area (Å²) in [5.74, 6) is 0. The molecule has 23 heavy (non-hydrogen) atoms. The maximum Gasteiger partial charge on any atom is 0.0678 e. The van der Waals surface area contributed by atoms with Crippen molar-refractivity contribution in [3.05, 3.63) is 29.8 Å². The van der Waals surface area contributed by atoms with Crippen LogP contribution in [0.4, 0.5) is 0 Å². The van der Waals surface area contributed by atoms with Gasteiger partial charge in [-0.1, -0.05) is 12.1 Å². The van der Waals surface area contributed by atoms with Crippen LogP contribution in [0.2, 0.25) is 0 Å². The average Bonchev–Trinajstić information content (AvgIpc) is 2.55. The Morgan fingerprint density at radius 1 is 1.04 bits per heavy atom. The molecule has 2 heterocycles. The molecule has 0 bridgehead atoms. The van der Waals surface area contributed by atoms with Gasteiger partial charge in [0.05, 0.1) is 12.2 Å². The highest BCUT2D eigenvalue weighted by atomic mass is 32.2. The number of hydrogen-bond acceptors (Lipinski definition) is 4. The standard InChI is InChI=1S/C19H30N2OS/c1-15-12-21(13-16(2)22-15)18-8-10-20(11-9-18)14-17-4-6-19(23-3)7-5-17/h4-7,15-16,18H,8-14H2,1-3H3/t15-,16-/m1/s1. The largest absolute Gasteiger partial charge is 0.373 e. The lowest BCUT2D eigenvalue weighted by atomic mass is 10.0. The van der Waals surface area contributed by atoms with Gasteiger partial charge in [0.1, 0.15) is 0 Å². The van der Waals surface area contributed by atoms with Crippen LogP contribution in [-0.2, 0) is 11.3 Å². The van der Waals surface area contributed by atoms with Crippen molar-refractivity contribution in [1.82, 2.24) is 9.80 Å². The summed E-state index contributed by atoms with van der Waals surface area (Å²) >= 11 is 1.81.